The van der Waals surface area contributed by atoms with Crippen LogP contribution in [-0.4, -0.2) is 40.1 Å². The quantitative estimate of drug-likeness (QED) is 0.568. The molecule has 1 saturated heterocycles. The Morgan fingerprint density at radius 1 is 1.03 bits per heavy atom. The van der Waals surface area contributed by atoms with Crippen molar-refractivity contribution < 1.29 is 9.59 Å². The molecule has 0 spiro atoms. The zero-order valence-electron chi connectivity index (χ0n) is 17.0. The smallest absolute Gasteiger partial charge is 0.321 e. The number of carbonyl (C=O) groups excluding carboxylic acids is 2. The molecule has 1 aliphatic heterocycles. The zero-order valence-corrected chi connectivity index (χ0v) is 18.5. The fourth-order valence-corrected chi connectivity index (χ4v) is 4.49. The molecular formula is C22H22ClN5O2S. The van der Waals surface area contributed by atoms with Crippen molar-refractivity contribution in [1.82, 2.24) is 15.1 Å². The number of aryl methyl sites for hydroxylation is 1. The minimum absolute atomic E-state index is 0.140. The fraction of sp³-hybridized carbons (Fsp3) is 0.273. The fourth-order valence-electron chi connectivity index (χ4n) is 3.40. The Hall–Kier alpha value is -2.97. The lowest BCUT2D eigenvalue weighted by atomic mass is 9.98. The summed E-state index contributed by atoms with van der Waals surface area (Å²) in [6.07, 6.45) is 1.55. The highest BCUT2D eigenvalue weighted by Crippen LogP contribution is 2.31. The van der Waals surface area contributed by atoms with Crippen molar-refractivity contribution in [3.8, 4) is 0 Å². The van der Waals surface area contributed by atoms with Gasteiger partial charge in [0.1, 0.15) is 5.01 Å². The van der Waals surface area contributed by atoms with Gasteiger partial charge in [0, 0.05) is 35.4 Å². The molecule has 1 aromatic heterocycles. The normalized spacial score (nSPS) is 14.3. The summed E-state index contributed by atoms with van der Waals surface area (Å²) in [5, 5.41) is 15.8. The van der Waals surface area contributed by atoms with Gasteiger partial charge < -0.3 is 15.5 Å². The summed E-state index contributed by atoms with van der Waals surface area (Å²) in [6, 6.07) is 14.6. The van der Waals surface area contributed by atoms with Gasteiger partial charge in [-0.3, -0.25) is 4.79 Å². The number of nitrogens with zero attached hydrogens (tertiary/aromatic N) is 3. The Balaban J connectivity index is 1.31. The van der Waals surface area contributed by atoms with E-state index in [4.69, 9.17) is 11.6 Å². The van der Waals surface area contributed by atoms with Crippen LogP contribution in [0, 0.1) is 6.92 Å². The third-order valence-electron chi connectivity index (χ3n) is 5.22. The van der Waals surface area contributed by atoms with Crippen molar-refractivity contribution in [1.29, 1.82) is 0 Å². The number of hydrogen-bond donors (Lipinski definition) is 2. The van der Waals surface area contributed by atoms with Crippen molar-refractivity contribution in [2.45, 2.75) is 25.7 Å². The van der Waals surface area contributed by atoms with Crippen LogP contribution in [-0.2, 0) is 0 Å². The van der Waals surface area contributed by atoms with Crippen molar-refractivity contribution in [3.63, 3.8) is 0 Å². The van der Waals surface area contributed by atoms with E-state index in [-0.39, 0.29) is 17.9 Å². The average Bonchev–Trinajstić information content (AvgIpc) is 3.28. The molecule has 160 valence electrons. The summed E-state index contributed by atoms with van der Waals surface area (Å²) in [7, 11) is 0. The van der Waals surface area contributed by atoms with Crippen molar-refractivity contribution in [3.05, 3.63) is 69.1 Å². The number of likely N-dealkylation sites (tertiary alicyclic amines) is 1. The Labute approximate surface area is 189 Å². The summed E-state index contributed by atoms with van der Waals surface area (Å²) < 4.78 is 0. The molecule has 3 aromatic rings. The first-order valence-corrected chi connectivity index (χ1v) is 11.2. The molecule has 7 nitrogen and oxygen atoms in total. The number of hydrogen-bond acceptors (Lipinski definition) is 5. The second-order valence-corrected chi connectivity index (χ2v) is 8.84. The van der Waals surface area contributed by atoms with Gasteiger partial charge in [-0.2, -0.15) is 0 Å². The molecular weight excluding hydrogens is 434 g/mol. The van der Waals surface area contributed by atoms with E-state index >= 15 is 0 Å². The van der Waals surface area contributed by atoms with Crippen molar-refractivity contribution >= 4 is 46.3 Å². The van der Waals surface area contributed by atoms with E-state index < -0.39 is 0 Å². The largest absolute Gasteiger partial charge is 0.324 e. The Morgan fingerprint density at radius 2 is 1.77 bits per heavy atom. The first-order valence-electron chi connectivity index (χ1n) is 10.0. The van der Waals surface area contributed by atoms with E-state index in [1.165, 1.54) is 11.3 Å². The molecule has 2 aromatic carbocycles. The van der Waals surface area contributed by atoms with E-state index in [1.807, 2.05) is 49.4 Å². The molecule has 0 aliphatic carbocycles. The van der Waals surface area contributed by atoms with Gasteiger partial charge in [0.15, 0.2) is 0 Å². The highest BCUT2D eigenvalue weighted by atomic mass is 35.5. The molecule has 0 atom stereocenters. The van der Waals surface area contributed by atoms with Crippen LogP contribution in [0.5, 0.6) is 0 Å². The molecule has 1 fully saturated rings. The molecule has 3 amide bonds. The van der Waals surface area contributed by atoms with Crippen LogP contribution in [0.1, 0.15) is 39.1 Å². The highest BCUT2D eigenvalue weighted by molar-refractivity contribution is 7.13. The molecule has 2 heterocycles. The van der Waals surface area contributed by atoms with Gasteiger partial charge in [0.05, 0.1) is 0 Å². The van der Waals surface area contributed by atoms with Crippen molar-refractivity contribution in [2.24, 2.45) is 0 Å². The number of piperidine rings is 1. The summed E-state index contributed by atoms with van der Waals surface area (Å²) in [6.45, 7) is 3.14. The number of anilines is 2. The predicted molar refractivity (Wildman–Crippen MR) is 123 cm³/mol. The maximum absolute atomic E-state index is 12.6. The topological polar surface area (TPSA) is 87.2 Å². The summed E-state index contributed by atoms with van der Waals surface area (Å²) in [5.74, 6) is -0.0721. The van der Waals surface area contributed by atoms with E-state index in [0.717, 1.165) is 29.1 Å². The maximum Gasteiger partial charge on any atom is 0.321 e. The van der Waals surface area contributed by atoms with Gasteiger partial charge in [-0.05, 0) is 49.6 Å². The zero-order chi connectivity index (χ0) is 21.8. The van der Waals surface area contributed by atoms with Gasteiger partial charge in [-0.1, -0.05) is 47.2 Å². The van der Waals surface area contributed by atoms with Crippen LogP contribution < -0.4 is 10.6 Å². The molecule has 31 heavy (non-hydrogen) atoms. The number of benzene rings is 2. The minimum Gasteiger partial charge on any atom is -0.324 e. The molecule has 0 bridgehead atoms. The molecule has 0 unspecified atom stereocenters. The van der Waals surface area contributed by atoms with Gasteiger partial charge in [-0.25, -0.2) is 4.79 Å². The Morgan fingerprint density at radius 3 is 2.48 bits per heavy atom. The summed E-state index contributed by atoms with van der Waals surface area (Å²) >= 11 is 7.45. The van der Waals surface area contributed by atoms with Gasteiger partial charge in [-0.15, -0.1) is 10.2 Å². The first kappa shape index (κ1) is 21.3. The Bertz CT molecular complexity index is 1080. The molecule has 4 rings (SSSR count). The molecule has 2 N–H and O–H groups in total. The number of halogens is 1. The number of carbonyl (C=O) groups is 2. The molecule has 0 radical (unpaired) electrons. The van der Waals surface area contributed by atoms with E-state index in [2.05, 4.69) is 20.8 Å². The third kappa shape index (κ3) is 5.21. The average molecular weight is 456 g/mol. The third-order valence-corrected chi connectivity index (χ3v) is 6.71. The monoisotopic (exact) mass is 455 g/mol. The van der Waals surface area contributed by atoms with Crippen LogP contribution in [0.2, 0.25) is 5.02 Å². The number of nitrogens with one attached hydrogen (secondary N) is 2. The van der Waals surface area contributed by atoms with E-state index in [1.54, 1.807) is 11.0 Å². The molecule has 9 heteroatoms. The van der Waals surface area contributed by atoms with Crippen LogP contribution in [0.15, 0.2) is 48.5 Å². The lowest BCUT2D eigenvalue weighted by Crippen LogP contribution is -2.40. The second kappa shape index (κ2) is 9.45. The second-order valence-electron chi connectivity index (χ2n) is 7.42. The Kier molecular flexibility index (Phi) is 6.48. The number of amides is 3. The van der Waals surface area contributed by atoms with Crippen LogP contribution >= 0.6 is 22.9 Å². The standard InChI is InChI=1S/C22H22ClN5O2S/c1-14-7-8-17(13-18(14)23)25-22(30)28-11-9-15(10-12-28)20-26-27-21(31-20)19(29)24-16-5-3-2-4-6-16/h2-8,13,15H,9-12H2,1H3,(H,24,29)(H,25,30). The van der Waals surface area contributed by atoms with Gasteiger partial charge in [0.2, 0.25) is 5.01 Å². The van der Waals surface area contributed by atoms with Crippen LogP contribution in [0.3, 0.4) is 0 Å². The van der Waals surface area contributed by atoms with Crippen LogP contribution in [0.4, 0.5) is 16.2 Å². The maximum atomic E-state index is 12.6. The number of rotatable bonds is 4. The number of para-hydroxylation sites is 1. The van der Waals surface area contributed by atoms with Gasteiger partial charge >= 0.3 is 6.03 Å². The minimum atomic E-state index is -0.261. The summed E-state index contributed by atoms with van der Waals surface area (Å²) in [4.78, 5) is 26.7. The molecule has 1 aliphatic rings. The number of aromatic nitrogens is 2. The first-order chi connectivity index (χ1) is 15.0. The van der Waals surface area contributed by atoms with E-state index in [9.17, 15) is 9.59 Å². The van der Waals surface area contributed by atoms with Crippen LogP contribution in [0.25, 0.3) is 0 Å². The predicted octanol–water partition coefficient (Wildman–Crippen LogP) is 5.16. The highest BCUT2D eigenvalue weighted by Gasteiger charge is 2.27. The lowest BCUT2D eigenvalue weighted by molar-refractivity contribution is 0.102. The lowest BCUT2D eigenvalue weighted by Gasteiger charge is -2.31. The van der Waals surface area contributed by atoms with Crippen molar-refractivity contribution in [2.75, 3.05) is 23.7 Å². The summed E-state index contributed by atoms with van der Waals surface area (Å²) in [5.41, 5.74) is 2.37. The van der Waals surface area contributed by atoms with Gasteiger partial charge in [0.25, 0.3) is 5.91 Å². The number of urea groups is 1. The molecule has 0 saturated carbocycles. The SMILES string of the molecule is Cc1ccc(NC(=O)N2CCC(c3nnc(C(=O)Nc4ccccc4)s3)CC2)cc1Cl. The van der Waals surface area contributed by atoms with E-state index in [0.29, 0.717) is 28.8 Å².